The van der Waals surface area contributed by atoms with Gasteiger partial charge in [0.25, 0.3) is 0 Å². The molecule has 0 bridgehead atoms. The van der Waals surface area contributed by atoms with Crippen LogP contribution in [0.5, 0.6) is 5.75 Å². The topological polar surface area (TPSA) is 44.5 Å². The number of rotatable bonds is 4. The highest BCUT2D eigenvalue weighted by Crippen LogP contribution is 2.34. The summed E-state index contributed by atoms with van der Waals surface area (Å²) in [7, 11) is 0. The van der Waals surface area contributed by atoms with Gasteiger partial charge in [-0.2, -0.15) is 13.2 Å². The number of hydrogen-bond donors (Lipinski definition) is 1. The summed E-state index contributed by atoms with van der Waals surface area (Å²) in [6.45, 7) is 1.71. The molecule has 3 nitrogen and oxygen atoms in total. The molecule has 7 heteroatoms. The molecule has 0 aromatic heterocycles. The summed E-state index contributed by atoms with van der Waals surface area (Å²) in [5.74, 6) is 0.596. The lowest BCUT2D eigenvalue weighted by molar-refractivity contribution is -0.137. The molecule has 110 valence electrons. The highest BCUT2D eigenvalue weighted by atomic mass is 32.1. The zero-order valence-corrected chi connectivity index (χ0v) is 11.4. The normalized spacial score (nSPS) is 19.1. The highest BCUT2D eigenvalue weighted by molar-refractivity contribution is 7.80. The van der Waals surface area contributed by atoms with Crippen molar-refractivity contribution in [1.29, 1.82) is 0 Å². The largest absolute Gasteiger partial charge is 0.493 e. The molecule has 1 saturated heterocycles. The van der Waals surface area contributed by atoms with Gasteiger partial charge in [-0.15, -0.1) is 0 Å². The lowest BCUT2D eigenvalue weighted by atomic mass is 10.1. The average Bonchev–Trinajstić information content (AvgIpc) is 2.88. The van der Waals surface area contributed by atoms with Crippen molar-refractivity contribution in [3.05, 3.63) is 29.3 Å². The third kappa shape index (κ3) is 3.61. The predicted octanol–water partition coefficient (Wildman–Crippen LogP) is 2.75. The standard InChI is InChI=1S/C13H14F3NO2S/c14-13(15,16)11-2-1-9(5-10(11)12(17)20)19-7-8-3-4-18-6-8/h1-2,5,8H,3-4,6-7H2,(H2,17,20). The van der Waals surface area contributed by atoms with E-state index >= 15 is 0 Å². The molecule has 0 aliphatic carbocycles. The second-order valence-electron chi connectivity index (χ2n) is 4.61. The van der Waals surface area contributed by atoms with Crippen molar-refractivity contribution in [1.82, 2.24) is 0 Å². The first-order valence-electron chi connectivity index (χ1n) is 6.09. The summed E-state index contributed by atoms with van der Waals surface area (Å²) in [4.78, 5) is -0.299. The Morgan fingerprint density at radius 2 is 2.20 bits per heavy atom. The number of halogens is 3. The molecule has 0 amide bonds. The van der Waals surface area contributed by atoms with Gasteiger partial charge in [0.05, 0.1) is 18.8 Å². The van der Waals surface area contributed by atoms with Gasteiger partial charge < -0.3 is 15.2 Å². The molecule has 1 aliphatic heterocycles. The van der Waals surface area contributed by atoms with Crippen molar-refractivity contribution < 1.29 is 22.6 Å². The first kappa shape index (κ1) is 15.1. The molecule has 2 N–H and O–H groups in total. The van der Waals surface area contributed by atoms with E-state index in [4.69, 9.17) is 15.2 Å². The molecule has 1 unspecified atom stereocenters. The molecular weight excluding hydrogens is 291 g/mol. The van der Waals surface area contributed by atoms with E-state index in [1.807, 2.05) is 0 Å². The van der Waals surface area contributed by atoms with E-state index < -0.39 is 11.7 Å². The van der Waals surface area contributed by atoms with Gasteiger partial charge in [0.1, 0.15) is 10.7 Å². The fraction of sp³-hybridized carbons (Fsp3) is 0.462. The molecule has 1 aromatic carbocycles. The summed E-state index contributed by atoms with van der Waals surface area (Å²) < 4.78 is 49.1. The van der Waals surface area contributed by atoms with Crippen LogP contribution in [0.4, 0.5) is 13.2 Å². The summed E-state index contributed by atoms with van der Waals surface area (Å²) in [5.41, 5.74) is 4.29. The lowest BCUT2D eigenvalue weighted by Gasteiger charge is -2.15. The second-order valence-corrected chi connectivity index (χ2v) is 5.05. The molecule has 0 radical (unpaired) electrons. The van der Waals surface area contributed by atoms with E-state index in [1.165, 1.54) is 12.1 Å². The smallest absolute Gasteiger partial charge is 0.417 e. The molecule has 1 aliphatic rings. The fourth-order valence-corrected chi connectivity index (χ4v) is 2.16. The van der Waals surface area contributed by atoms with Crippen LogP contribution in [0, 0.1) is 5.92 Å². The number of ether oxygens (including phenoxy) is 2. The summed E-state index contributed by atoms with van der Waals surface area (Å²) in [5, 5.41) is 0. The van der Waals surface area contributed by atoms with Crippen molar-refractivity contribution in [2.45, 2.75) is 12.6 Å². The molecule has 20 heavy (non-hydrogen) atoms. The van der Waals surface area contributed by atoms with E-state index in [2.05, 4.69) is 12.2 Å². The minimum absolute atomic E-state index is 0.215. The van der Waals surface area contributed by atoms with Gasteiger partial charge >= 0.3 is 6.18 Å². The Bertz CT molecular complexity index is 499. The van der Waals surface area contributed by atoms with Crippen LogP contribution in [0.2, 0.25) is 0 Å². The maximum atomic E-state index is 12.8. The number of hydrogen-bond acceptors (Lipinski definition) is 3. The quantitative estimate of drug-likeness (QED) is 0.869. The number of nitrogens with two attached hydrogens (primary N) is 1. The minimum atomic E-state index is -4.49. The maximum absolute atomic E-state index is 12.8. The molecule has 0 saturated carbocycles. The van der Waals surface area contributed by atoms with Crippen molar-refractivity contribution in [2.75, 3.05) is 19.8 Å². The van der Waals surface area contributed by atoms with Crippen LogP contribution < -0.4 is 10.5 Å². The summed E-state index contributed by atoms with van der Waals surface area (Å²) in [6.07, 6.45) is -3.60. The molecule has 0 spiro atoms. The molecule has 1 atom stereocenters. The van der Waals surface area contributed by atoms with Gasteiger partial charge in [0.15, 0.2) is 0 Å². The Balaban J connectivity index is 2.15. The van der Waals surface area contributed by atoms with E-state index in [0.717, 1.165) is 12.5 Å². The lowest BCUT2D eigenvalue weighted by Crippen LogP contribution is -2.18. The van der Waals surface area contributed by atoms with Gasteiger partial charge in [0.2, 0.25) is 0 Å². The van der Waals surface area contributed by atoms with E-state index in [1.54, 1.807) is 0 Å². The van der Waals surface area contributed by atoms with Crippen molar-refractivity contribution in [3.8, 4) is 5.75 Å². The Morgan fingerprint density at radius 3 is 2.75 bits per heavy atom. The molecule has 1 heterocycles. The molecule has 1 aromatic rings. The third-order valence-corrected chi connectivity index (χ3v) is 3.29. The van der Waals surface area contributed by atoms with E-state index in [-0.39, 0.29) is 16.5 Å². The van der Waals surface area contributed by atoms with E-state index in [0.29, 0.717) is 25.6 Å². The van der Waals surface area contributed by atoms with Crippen LogP contribution in [0.3, 0.4) is 0 Å². The van der Waals surface area contributed by atoms with Crippen LogP contribution in [-0.4, -0.2) is 24.8 Å². The molecular formula is C13H14F3NO2S. The average molecular weight is 305 g/mol. The Labute approximate surface area is 119 Å². The van der Waals surface area contributed by atoms with Gasteiger partial charge in [-0.25, -0.2) is 0 Å². The van der Waals surface area contributed by atoms with Gasteiger partial charge in [0, 0.05) is 18.1 Å². The van der Waals surface area contributed by atoms with Crippen LogP contribution in [-0.2, 0) is 10.9 Å². The molecule has 1 fully saturated rings. The zero-order chi connectivity index (χ0) is 14.8. The van der Waals surface area contributed by atoms with Gasteiger partial charge in [-0.05, 0) is 24.6 Å². The third-order valence-electron chi connectivity index (χ3n) is 3.07. The second kappa shape index (κ2) is 5.97. The Kier molecular flexibility index (Phi) is 4.49. The zero-order valence-electron chi connectivity index (χ0n) is 10.6. The first-order chi connectivity index (χ1) is 9.38. The highest BCUT2D eigenvalue weighted by Gasteiger charge is 2.34. The van der Waals surface area contributed by atoms with Crippen molar-refractivity contribution >= 4 is 17.2 Å². The Hall–Kier alpha value is -1.34. The van der Waals surface area contributed by atoms with Crippen LogP contribution in [0.1, 0.15) is 17.5 Å². The van der Waals surface area contributed by atoms with Crippen molar-refractivity contribution in [2.24, 2.45) is 11.7 Å². The number of benzene rings is 1. The SMILES string of the molecule is NC(=S)c1cc(OCC2CCOC2)ccc1C(F)(F)F. The molecule has 2 rings (SSSR count). The Morgan fingerprint density at radius 1 is 1.45 bits per heavy atom. The predicted molar refractivity (Wildman–Crippen MR) is 71.8 cm³/mol. The van der Waals surface area contributed by atoms with Crippen LogP contribution >= 0.6 is 12.2 Å². The number of alkyl halides is 3. The van der Waals surface area contributed by atoms with Gasteiger partial charge in [-0.3, -0.25) is 0 Å². The summed E-state index contributed by atoms with van der Waals surface area (Å²) in [6, 6.07) is 3.45. The minimum Gasteiger partial charge on any atom is -0.493 e. The monoisotopic (exact) mass is 305 g/mol. The number of thiocarbonyl (C=S) groups is 1. The maximum Gasteiger partial charge on any atom is 0.417 e. The first-order valence-corrected chi connectivity index (χ1v) is 6.50. The van der Waals surface area contributed by atoms with Crippen molar-refractivity contribution in [3.63, 3.8) is 0 Å². The van der Waals surface area contributed by atoms with Gasteiger partial charge in [-0.1, -0.05) is 12.2 Å². The van der Waals surface area contributed by atoms with Crippen LogP contribution in [0.15, 0.2) is 18.2 Å². The summed E-state index contributed by atoms with van der Waals surface area (Å²) >= 11 is 4.67. The van der Waals surface area contributed by atoms with E-state index in [9.17, 15) is 13.2 Å². The van der Waals surface area contributed by atoms with Crippen LogP contribution in [0.25, 0.3) is 0 Å². The fourth-order valence-electron chi connectivity index (χ4n) is 1.99.